The van der Waals surface area contributed by atoms with Crippen LogP contribution < -0.4 is 42.6 Å². The van der Waals surface area contributed by atoms with Crippen molar-refractivity contribution in [2.45, 2.75) is 76.5 Å². The van der Waals surface area contributed by atoms with E-state index in [-0.39, 0.29) is 39.3 Å². The third-order valence-corrected chi connectivity index (χ3v) is 10.9. The Morgan fingerprint density at radius 2 is 1.49 bits per heavy atom. The zero-order valence-corrected chi connectivity index (χ0v) is 36.4. The molecule has 4 aromatic carbocycles. The van der Waals surface area contributed by atoms with Crippen molar-refractivity contribution in [1.82, 2.24) is 20.9 Å². The highest BCUT2D eigenvalue weighted by Gasteiger charge is 2.35. The van der Waals surface area contributed by atoms with Gasteiger partial charge in [0.05, 0.1) is 12.1 Å². The third kappa shape index (κ3) is 12.8. The normalized spacial score (nSPS) is 16.8. The number of amides is 4. The van der Waals surface area contributed by atoms with Gasteiger partial charge < -0.3 is 47.5 Å². The summed E-state index contributed by atoms with van der Waals surface area (Å²) in [7, 11) is 1.49. The summed E-state index contributed by atoms with van der Waals surface area (Å²) in [5, 5.41) is 18.0. The molecule has 0 spiro atoms. The summed E-state index contributed by atoms with van der Waals surface area (Å²) in [5.74, 6) is -1.23. The molecule has 0 saturated heterocycles. The van der Waals surface area contributed by atoms with Gasteiger partial charge in [-0.05, 0) is 110 Å². The van der Waals surface area contributed by atoms with Gasteiger partial charge in [-0.3, -0.25) is 19.2 Å². The number of rotatable bonds is 18. The summed E-state index contributed by atoms with van der Waals surface area (Å²) in [6, 6.07) is 24.2. The highest BCUT2D eigenvalue weighted by atomic mass is 16.5. The van der Waals surface area contributed by atoms with Crippen LogP contribution in [0.2, 0.25) is 0 Å². The van der Waals surface area contributed by atoms with Gasteiger partial charge in [0, 0.05) is 42.9 Å². The Bertz CT molecular complexity index is 2260. The molecule has 1 aliphatic heterocycles. The molecule has 5 rings (SSSR count). The van der Waals surface area contributed by atoms with E-state index >= 15 is 0 Å². The summed E-state index contributed by atoms with van der Waals surface area (Å²) >= 11 is 0. The van der Waals surface area contributed by atoms with Crippen molar-refractivity contribution in [2.75, 3.05) is 39.9 Å². The van der Waals surface area contributed by atoms with Crippen LogP contribution in [-0.2, 0) is 27.2 Å². The zero-order chi connectivity index (χ0) is 45.3. The van der Waals surface area contributed by atoms with Gasteiger partial charge >= 0.3 is 0 Å². The molecule has 14 nitrogen and oxygen atoms in total. The van der Waals surface area contributed by atoms with Crippen LogP contribution in [0.3, 0.4) is 0 Å². The number of nitriles is 1. The lowest BCUT2D eigenvalue weighted by atomic mass is 9.93. The Labute approximate surface area is 370 Å². The summed E-state index contributed by atoms with van der Waals surface area (Å²) in [6.45, 7) is 4.85. The fraction of sp³-hybridized carbons (Fsp3) is 0.367. The number of hydrogen-bond donors (Lipinski definition) is 6. The van der Waals surface area contributed by atoms with E-state index < -0.39 is 47.8 Å². The monoisotopic (exact) mass is 856 g/mol. The van der Waals surface area contributed by atoms with Crippen LogP contribution in [0.25, 0.3) is 22.3 Å². The summed E-state index contributed by atoms with van der Waals surface area (Å²) < 4.78 is 12.2. The number of nitrogens with zero attached hydrogens (tertiary/aromatic N) is 2. The molecule has 14 heteroatoms. The molecule has 63 heavy (non-hydrogen) atoms. The van der Waals surface area contributed by atoms with Crippen LogP contribution in [0.5, 0.6) is 11.5 Å². The number of ether oxygens (including phenoxy) is 2. The van der Waals surface area contributed by atoms with Gasteiger partial charge in [0.2, 0.25) is 17.7 Å². The van der Waals surface area contributed by atoms with E-state index in [9.17, 15) is 24.4 Å². The summed E-state index contributed by atoms with van der Waals surface area (Å²) in [4.78, 5) is 58.0. The maximum atomic E-state index is 14.7. The second-order valence-corrected chi connectivity index (χ2v) is 15.6. The molecule has 4 bridgehead atoms. The zero-order valence-electron chi connectivity index (χ0n) is 36.4. The van der Waals surface area contributed by atoms with Crippen LogP contribution in [0.15, 0.2) is 97.1 Å². The van der Waals surface area contributed by atoms with Gasteiger partial charge in [-0.1, -0.05) is 68.0 Å². The Morgan fingerprint density at radius 1 is 0.857 bits per heavy atom. The largest absolute Gasteiger partial charge is 0.492 e. The van der Waals surface area contributed by atoms with Crippen LogP contribution >= 0.6 is 0 Å². The number of allylic oxidation sites excluding steroid dienone is 1. The molecule has 0 aromatic heterocycles. The van der Waals surface area contributed by atoms with Gasteiger partial charge in [-0.15, -0.1) is 0 Å². The Hall–Kier alpha value is -6.53. The molecule has 4 atom stereocenters. The quantitative estimate of drug-likeness (QED) is 0.0756. The predicted molar refractivity (Wildman–Crippen MR) is 245 cm³/mol. The molecule has 0 aliphatic carbocycles. The Balaban J connectivity index is 1.53. The lowest BCUT2D eigenvalue weighted by Gasteiger charge is -2.32. The van der Waals surface area contributed by atoms with E-state index in [0.717, 1.165) is 36.0 Å². The topological polar surface area (TPSA) is 228 Å². The predicted octanol–water partition coefficient (Wildman–Crippen LogP) is 4.70. The van der Waals surface area contributed by atoms with Crippen molar-refractivity contribution in [1.29, 1.82) is 5.26 Å². The lowest BCUT2D eigenvalue weighted by molar-refractivity contribution is -0.141. The van der Waals surface area contributed by atoms with Crippen LogP contribution in [0.4, 0.5) is 0 Å². The van der Waals surface area contributed by atoms with Crippen molar-refractivity contribution in [2.24, 2.45) is 17.2 Å². The molecule has 1 heterocycles. The van der Waals surface area contributed by atoms with E-state index in [1.807, 2.05) is 30.3 Å². The number of unbranched alkanes of at least 4 members (excludes halogenated alkanes) is 1. The van der Waals surface area contributed by atoms with Gasteiger partial charge in [-0.25, -0.2) is 0 Å². The lowest BCUT2D eigenvalue weighted by Crippen LogP contribution is -2.54. The SMILES string of the molecule is CCCCc1ccc(-c2ccc(C(=O)N[C@@H](CCCN)C(=O)N(C)[C@@H]3C(=O)N[C@@H](C)C(=O)N[C@H](/C=C/C#N)Cc4ccc(OCCN)c(c4)-c4cc3ccc4OCCN)cc2)cc1. The number of benzene rings is 4. The first-order valence-corrected chi connectivity index (χ1v) is 21.6. The van der Waals surface area contributed by atoms with E-state index in [0.29, 0.717) is 46.6 Å². The van der Waals surface area contributed by atoms with Gasteiger partial charge in [0.25, 0.3) is 5.91 Å². The van der Waals surface area contributed by atoms with Crippen molar-refractivity contribution in [3.63, 3.8) is 0 Å². The number of fused-ring (bicyclic) bond motifs is 5. The molecule has 0 radical (unpaired) electrons. The smallest absolute Gasteiger partial charge is 0.251 e. The van der Waals surface area contributed by atoms with Crippen molar-refractivity contribution < 1.29 is 28.7 Å². The van der Waals surface area contributed by atoms with E-state index in [4.69, 9.17) is 26.7 Å². The van der Waals surface area contributed by atoms with Crippen LogP contribution in [0.1, 0.15) is 72.6 Å². The number of aryl methyl sites for hydroxylation is 1. The van der Waals surface area contributed by atoms with Gasteiger partial charge in [0.1, 0.15) is 42.8 Å². The number of hydrogen-bond acceptors (Lipinski definition) is 10. The fourth-order valence-electron chi connectivity index (χ4n) is 7.48. The standard InChI is InChI=1S/C49H60N8O6/c1-4-5-8-33-11-14-35(15-12-33)36-16-18-37(19-17-36)47(59)56-42(10-7-24-51)49(61)57(3)45-38-20-22-44(63-28-26-53)41(31-38)40-30-34(13-21-43(40)62-27-25-52)29-39(9-6-23-50)55-46(58)32(2)54-48(45)60/h6,9,11-22,30-32,39,42,45H,4-5,7-8,10,24-29,51-53H2,1-3H3,(H,54,60)(H,55,58)(H,56,59)/b9-6+/t32-,39+,42-,45-/m0/s1. The second kappa shape index (κ2) is 23.6. The second-order valence-electron chi connectivity index (χ2n) is 15.6. The molecule has 1 aliphatic rings. The molecule has 4 aromatic rings. The average molecular weight is 857 g/mol. The van der Waals surface area contributed by atoms with Crippen LogP contribution in [-0.4, -0.2) is 86.5 Å². The fourth-order valence-corrected chi connectivity index (χ4v) is 7.48. The maximum absolute atomic E-state index is 14.7. The minimum atomic E-state index is -1.30. The molecule has 4 amide bonds. The molecular formula is C49H60N8O6. The molecular weight excluding hydrogens is 797 g/mol. The summed E-state index contributed by atoms with van der Waals surface area (Å²) in [5.41, 5.74) is 23.6. The number of nitrogens with one attached hydrogen (secondary N) is 3. The van der Waals surface area contributed by atoms with Crippen molar-refractivity contribution in [3.8, 4) is 39.8 Å². The van der Waals surface area contributed by atoms with E-state index in [2.05, 4.69) is 47.1 Å². The molecule has 332 valence electrons. The first kappa shape index (κ1) is 47.5. The highest BCUT2D eigenvalue weighted by Crippen LogP contribution is 2.40. The van der Waals surface area contributed by atoms with Crippen molar-refractivity contribution >= 4 is 23.6 Å². The first-order chi connectivity index (χ1) is 30.5. The molecule has 0 fully saturated rings. The number of carbonyl (C=O) groups is 4. The Morgan fingerprint density at radius 3 is 2.11 bits per heavy atom. The third-order valence-electron chi connectivity index (χ3n) is 10.9. The van der Waals surface area contributed by atoms with E-state index in [1.54, 1.807) is 42.5 Å². The van der Waals surface area contributed by atoms with Crippen molar-refractivity contribution in [3.05, 3.63) is 119 Å². The summed E-state index contributed by atoms with van der Waals surface area (Å²) in [6.07, 6.45) is 7.07. The maximum Gasteiger partial charge on any atom is 0.251 e. The first-order valence-electron chi connectivity index (χ1n) is 21.6. The highest BCUT2D eigenvalue weighted by molar-refractivity contribution is 5.99. The van der Waals surface area contributed by atoms with Gasteiger partial charge in [-0.2, -0.15) is 5.26 Å². The number of carbonyl (C=O) groups excluding carboxylic acids is 4. The van der Waals surface area contributed by atoms with Gasteiger partial charge in [0.15, 0.2) is 0 Å². The number of likely N-dealkylation sites (N-methyl/N-ethyl adjacent to an activating group) is 1. The molecule has 9 N–H and O–H groups in total. The average Bonchev–Trinajstić information content (AvgIpc) is 3.30. The molecule has 0 unspecified atom stereocenters. The Kier molecular flexibility index (Phi) is 17.8. The van der Waals surface area contributed by atoms with Crippen LogP contribution in [0, 0.1) is 11.3 Å². The molecule has 0 saturated carbocycles. The minimum absolute atomic E-state index is 0.190. The minimum Gasteiger partial charge on any atom is -0.492 e. The van der Waals surface area contributed by atoms with E-state index in [1.165, 1.54) is 30.5 Å². The number of nitrogens with two attached hydrogens (primary N) is 3.